The Morgan fingerprint density at radius 1 is 1.35 bits per heavy atom. The number of benzene rings is 1. The molecule has 1 aliphatic heterocycles. The minimum Gasteiger partial charge on any atom is -0.496 e. The van der Waals surface area contributed by atoms with Gasteiger partial charge in [-0.25, -0.2) is 4.79 Å². The molecule has 0 atom stereocenters. The maximum atomic E-state index is 11.9. The second kappa shape index (κ2) is 5.64. The molecule has 2 rings (SSSR count). The third-order valence-corrected chi connectivity index (χ3v) is 3.66. The summed E-state index contributed by atoms with van der Waals surface area (Å²) in [6.45, 7) is 6.97. The van der Waals surface area contributed by atoms with Gasteiger partial charge >= 0.3 is 6.09 Å². The molecule has 0 N–H and O–H groups in total. The standard InChI is InChI=1S/C15H20BrNO3/c1-15(2,3)20-14(18)17-8-10(9-17)12-6-5-11(16)7-13(12)19-4/h5-7,10H,8-9H2,1-4H3. The summed E-state index contributed by atoms with van der Waals surface area (Å²) in [4.78, 5) is 13.6. The van der Waals surface area contributed by atoms with Crippen LogP contribution >= 0.6 is 15.9 Å². The van der Waals surface area contributed by atoms with E-state index in [0.29, 0.717) is 19.0 Å². The van der Waals surface area contributed by atoms with Crippen LogP contribution in [0.2, 0.25) is 0 Å². The molecule has 110 valence electrons. The molecule has 1 aliphatic rings. The Bertz CT molecular complexity index is 504. The third-order valence-electron chi connectivity index (χ3n) is 3.17. The summed E-state index contributed by atoms with van der Waals surface area (Å²) < 4.78 is 11.7. The predicted octanol–water partition coefficient (Wildman–Crippen LogP) is 3.79. The van der Waals surface area contributed by atoms with Crippen LogP contribution in [-0.4, -0.2) is 36.8 Å². The molecule has 0 aromatic heterocycles. The van der Waals surface area contributed by atoms with Crippen LogP contribution in [0.1, 0.15) is 32.3 Å². The van der Waals surface area contributed by atoms with E-state index < -0.39 is 5.60 Å². The lowest BCUT2D eigenvalue weighted by molar-refractivity contribution is 0.00800. The Balaban J connectivity index is 1.98. The lowest BCUT2D eigenvalue weighted by Crippen LogP contribution is -2.50. The molecule has 0 radical (unpaired) electrons. The molecule has 1 aromatic rings. The fourth-order valence-corrected chi connectivity index (χ4v) is 2.51. The van der Waals surface area contributed by atoms with Crippen LogP contribution in [0.25, 0.3) is 0 Å². The zero-order valence-electron chi connectivity index (χ0n) is 12.3. The van der Waals surface area contributed by atoms with E-state index in [1.165, 1.54) is 0 Å². The van der Waals surface area contributed by atoms with Crippen LogP contribution in [0.3, 0.4) is 0 Å². The van der Waals surface area contributed by atoms with Crippen molar-refractivity contribution in [1.82, 2.24) is 4.90 Å². The van der Waals surface area contributed by atoms with Crippen LogP contribution in [-0.2, 0) is 4.74 Å². The lowest BCUT2D eigenvalue weighted by atomic mass is 9.91. The van der Waals surface area contributed by atoms with Crippen molar-refractivity contribution in [3.8, 4) is 5.75 Å². The third kappa shape index (κ3) is 3.45. The van der Waals surface area contributed by atoms with Crippen molar-refractivity contribution in [1.29, 1.82) is 0 Å². The molecule has 0 saturated carbocycles. The van der Waals surface area contributed by atoms with Crippen molar-refractivity contribution in [3.05, 3.63) is 28.2 Å². The normalized spacial score (nSPS) is 15.8. The van der Waals surface area contributed by atoms with Gasteiger partial charge in [-0.2, -0.15) is 0 Å². The Labute approximate surface area is 128 Å². The first kappa shape index (κ1) is 15.2. The van der Waals surface area contributed by atoms with Gasteiger partial charge in [0.15, 0.2) is 0 Å². The highest BCUT2D eigenvalue weighted by Crippen LogP contribution is 2.35. The molecule has 0 aliphatic carbocycles. The number of hydrogen-bond donors (Lipinski definition) is 0. The number of methoxy groups -OCH3 is 1. The topological polar surface area (TPSA) is 38.8 Å². The first-order valence-electron chi connectivity index (χ1n) is 6.61. The Hall–Kier alpha value is -1.23. The highest BCUT2D eigenvalue weighted by atomic mass is 79.9. The first-order chi connectivity index (χ1) is 9.30. The summed E-state index contributed by atoms with van der Waals surface area (Å²) in [6.07, 6.45) is -0.246. The zero-order valence-corrected chi connectivity index (χ0v) is 13.9. The van der Waals surface area contributed by atoms with E-state index in [-0.39, 0.29) is 6.09 Å². The number of amides is 1. The van der Waals surface area contributed by atoms with Gasteiger partial charge < -0.3 is 14.4 Å². The maximum absolute atomic E-state index is 11.9. The lowest BCUT2D eigenvalue weighted by Gasteiger charge is -2.40. The summed E-state index contributed by atoms with van der Waals surface area (Å²) >= 11 is 3.43. The second-order valence-corrected chi connectivity index (χ2v) is 6.88. The van der Waals surface area contributed by atoms with E-state index in [4.69, 9.17) is 9.47 Å². The summed E-state index contributed by atoms with van der Waals surface area (Å²) in [5, 5.41) is 0. The van der Waals surface area contributed by atoms with E-state index in [9.17, 15) is 4.79 Å². The summed E-state index contributed by atoms with van der Waals surface area (Å²) in [5.74, 6) is 1.17. The number of carbonyl (C=O) groups is 1. The minimum absolute atomic E-state index is 0.246. The summed E-state index contributed by atoms with van der Waals surface area (Å²) in [7, 11) is 1.66. The number of likely N-dealkylation sites (tertiary alicyclic amines) is 1. The number of rotatable bonds is 2. The molecule has 0 bridgehead atoms. The minimum atomic E-state index is -0.447. The quantitative estimate of drug-likeness (QED) is 0.821. The van der Waals surface area contributed by atoms with Crippen LogP contribution in [0.5, 0.6) is 5.75 Å². The van der Waals surface area contributed by atoms with Gasteiger partial charge in [0.2, 0.25) is 0 Å². The van der Waals surface area contributed by atoms with E-state index in [0.717, 1.165) is 15.8 Å². The Kier molecular flexibility index (Phi) is 4.28. The highest BCUT2D eigenvalue weighted by Gasteiger charge is 2.35. The largest absolute Gasteiger partial charge is 0.496 e. The number of nitrogens with zero attached hydrogens (tertiary/aromatic N) is 1. The molecule has 1 amide bonds. The molecule has 1 saturated heterocycles. The first-order valence-corrected chi connectivity index (χ1v) is 7.41. The number of carbonyl (C=O) groups excluding carboxylic acids is 1. The van der Waals surface area contributed by atoms with Gasteiger partial charge in [-0.1, -0.05) is 22.0 Å². The molecule has 1 heterocycles. The fraction of sp³-hybridized carbons (Fsp3) is 0.533. The van der Waals surface area contributed by atoms with Crippen molar-refractivity contribution >= 4 is 22.0 Å². The molecular formula is C15H20BrNO3. The predicted molar refractivity (Wildman–Crippen MR) is 81.2 cm³/mol. The van der Waals surface area contributed by atoms with Crippen molar-refractivity contribution in [3.63, 3.8) is 0 Å². The van der Waals surface area contributed by atoms with Gasteiger partial charge in [-0.05, 0) is 32.9 Å². The van der Waals surface area contributed by atoms with Crippen molar-refractivity contribution in [2.75, 3.05) is 20.2 Å². The molecule has 5 heteroatoms. The van der Waals surface area contributed by atoms with Crippen molar-refractivity contribution < 1.29 is 14.3 Å². The molecular weight excluding hydrogens is 322 g/mol. The number of hydrogen-bond acceptors (Lipinski definition) is 3. The smallest absolute Gasteiger partial charge is 0.410 e. The Morgan fingerprint density at radius 2 is 2.00 bits per heavy atom. The molecule has 0 spiro atoms. The maximum Gasteiger partial charge on any atom is 0.410 e. The van der Waals surface area contributed by atoms with Crippen LogP contribution in [0.4, 0.5) is 4.79 Å². The summed E-state index contributed by atoms with van der Waals surface area (Å²) in [5.41, 5.74) is 0.688. The van der Waals surface area contributed by atoms with Gasteiger partial charge in [0.25, 0.3) is 0 Å². The van der Waals surface area contributed by atoms with E-state index >= 15 is 0 Å². The zero-order chi connectivity index (χ0) is 14.9. The van der Waals surface area contributed by atoms with Crippen LogP contribution in [0, 0.1) is 0 Å². The molecule has 4 nitrogen and oxygen atoms in total. The molecule has 1 fully saturated rings. The fourth-order valence-electron chi connectivity index (χ4n) is 2.17. The van der Waals surface area contributed by atoms with E-state index in [1.54, 1.807) is 12.0 Å². The van der Waals surface area contributed by atoms with Gasteiger partial charge in [-0.3, -0.25) is 0 Å². The van der Waals surface area contributed by atoms with E-state index in [2.05, 4.69) is 15.9 Å². The number of halogens is 1. The van der Waals surface area contributed by atoms with Gasteiger partial charge in [-0.15, -0.1) is 0 Å². The SMILES string of the molecule is COc1cc(Br)ccc1C1CN(C(=O)OC(C)(C)C)C1. The van der Waals surface area contributed by atoms with Gasteiger partial charge in [0.05, 0.1) is 7.11 Å². The molecule has 0 unspecified atom stereocenters. The molecule has 20 heavy (non-hydrogen) atoms. The average molecular weight is 342 g/mol. The highest BCUT2D eigenvalue weighted by molar-refractivity contribution is 9.10. The van der Waals surface area contributed by atoms with Crippen LogP contribution in [0.15, 0.2) is 22.7 Å². The second-order valence-electron chi connectivity index (χ2n) is 5.97. The van der Waals surface area contributed by atoms with Gasteiger partial charge in [0.1, 0.15) is 11.4 Å². The van der Waals surface area contributed by atoms with Gasteiger partial charge in [0, 0.05) is 29.0 Å². The molecule has 1 aromatic carbocycles. The monoisotopic (exact) mass is 341 g/mol. The van der Waals surface area contributed by atoms with Crippen molar-refractivity contribution in [2.45, 2.75) is 32.3 Å². The van der Waals surface area contributed by atoms with Crippen molar-refractivity contribution in [2.24, 2.45) is 0 Å². The Morgan fingerprint density at radius 3 is 2.55 bits per heavy atom. The number of ether oxygens (including phenoxy) is 2. The summed E-state index contributed by atoms with van der Waals surface area (Å²) in [6, 6.07) is 5.99. The average Bonchev–Trinajstić information content (AvgIpc) is 2.26. The van der Waals surface area contributed by atoms with E-state index in [1.807, 2.05) is 39.0 Å². The van der Waals surface area contributed by atoms with Crippen LogP contribution < -0.4 is 4.74 Å².